The zero-order chi connectivity index (χ0) is 27.0. The number of para-hydroxylation sites is 1. The summed E-state index contributed by atoms with van der Waals surface area (Å²) in [4.78, 5) is 44.8. The minimum Gasteiger partial charge on any atom is -0.410 e. The molecule has 0 radical (unpaired) electrons. The maximum absolute atomic E-state index is 13.7. The van der Waals surface area contributed by atoms with E-state index in [4.69, 9.17) is 27.9 Å². The number of hydrogen-bond acceptors (Lipinski definition) is 4. The fraction of sp³-hybridized carbons (Fsp3) is 0.483. The first-order valence-corrected chi connectivity index (χ1v) is 13.9. The molecule has 3 aliphatic rings. The molecule has 5 rings (SSSR count). The molecule has 202 valence electrons. The van der Waals surface area contributed by atoms with Gasteiger partial charge in [-0.15, -0.1) is 0 Å². The van der Waals surface area contributed by atoms with E-state index in [1.54, 1.807) is 42.3 Å². The molecule has 3 fully saturated rings. The highest BCUT2D eigenvalue weighted by Gasteiger charge is 2.48. The van der Waals surface area contributed by atoms with Crippen LogP contribution in [0.4, 0.5) is 4.79 Å². The fourth-order valence-electron chi connectivity index (χ4n) is 5.60. The van der Waals surface area contributed by atoms with Crippen LogP contribution in [0.2, 0.25) is 10.0 Å². The van der Waals surface area contributed by atoms with Gasteiger partial charge < -0.3 is 19.4 Å². The van der Waals surface area contributed by atoms with E-state index in [0.717, 1.165) is 18.4 Å². The van der Waals surface area contributed by atoms with Crippen LogP contribution in [0.25, 0.3) is 0 Å². The van der Waals surface area contributed by atoms with Crippen LogP contribution >= 0.6 is 23.2 Å². The summed E-state index contributed by atoms with van der Waals surface area (Å²) in [6.45, 7) is 4.10. The van der Waals surface area contributed by atoms with Gasteiger partial charge in [-0.3, -0.25) is 9.59 Å². The number of likely N-dealkylation sites (N-methyl/N-ethyl adjacent to an activating group) is 1. The number of hydrogen-bond donors (Lipinski definition) is 0. The highest BCUT2D eigenvalue weighted by molar-refractivity contribution is 6.42. The average molecular weight is 559 g/mol. The van der Waals surface area contributed by atoms with Crippen molar-refractivity contribution in [2.45, 2.75) is 44.6 Å². The number of rotatable bonds is 5. The Morgan fingerprint density at radius 1 is 0.947 bits per heavy atom. The summed E-state index contributed by atoms with van der Waals surface area (Å²) in [5, 5.41) is 0.889. The van der Waals surface area contributed by atoms with Gasteiger partial charge in [0, 0.05) is 50.5 Å². The van der Waals surface area contributed by atoms with Crippen molar-refractivity contribution in [2.24, 2.45) is 11.3 Å². The molecular weight excluding hydrogens is 525 g/mol. The summed E-state index contributed by atoms with van der Waals surface area (Å²) in [5.74, 6) is 0.470. The molecule has 3 amide bonds. The van der Waals surface area contributed by atoms with Crippen molar-refractivity contribution in [3.8, 4) is 5.75 Å². The lowest BCUT2D eigenvalue weighted by Crippen LogP contribution is -2.46. The number of halogens is 2. The zero-order valence-corrected chi connectivity index (χ0v) is 23.3. The van der Waals surface area contributed by atoms with Crippen molar-refractivity contribution >= 4 is 41.1 Å². The fourth-order valence-corrected chi connectivity index (χ4v) is 5.90. The van der Waals surface area contributed by atoms with E-state index in [-0.39, 0.29) is 35.1 Å². The third kappa shape index (κ3) is 5.50. The van der Waals surface area contributed by atoms with Crippen molar-refractivity contribution in [3.63, 3.8) is 0 Å². The Labute approximate surface area is 233 Å². The predicted molar refractivity (Wildman–Crippen MR) is 146 cm³/mol. The zero-order valence-electron chi connectivity index (χ0n) is 21.7. The number of likely N-dealkylation sites (tertiary alicyclic amines) is 2. The minimum atomic E-state index is -0.485. The first kappa shape index (κ1) is 26.8. The van der Waals surface area contributed by atoms with Crippen molar-refractivity contribution in [1.29, 1.82) is 0 Å². The van der Waals surface area contributed by atoms with Gasteiger partial charge in [-0.25, -0.2) is 4.79 Å². The van der Waals surface area contributed by atoms with Gasteiger partial charge in [-0.2, -0.15) is 0 Å². The summed E-state index contributed by atoms with van der Waals surface area (Å²) >= 11 is 12.5. The summed E-state index contributed by atoms with van der Waals surface area (Å²) in [7, 11) is 1.71. The molecule has 0 N–H and O–H groups in total. The van der Waals surface area contributed by atoms with Crippen LogP contribution in [0.1, 0.15) is 44.1 Å². The standard InChI is InChI=1S/C29H33Cl2N3O4/c1-29(12-13-29)27(36)33-14-10-19(11-15-33)26(35)34-17-22(20-8-9-23(30)24(31)16-20)25(18-34)32(2)28(37)38-21-6-4-3-5-7-21/h3-9,16,19,22,25H,10-15,17-18H2,1-2H3. The Balaban J connectivity index is 1.30. The van der Waals surface area contributed by atoms with E-state index in [1.807, 2.05) is 34.9 Å². The molecule has 9 heteroatoms. The van der Waals surface area contributed by atoms with E-state index in [0.29, 0.717) is 54.8 Å². The third-order valence-corrected chi connectivity index (χ3v) is 9.09. The molecule has 2 atom stereocenters. The van der Waals surface area contributed by atoms with Gasteiger partial charge in [-0.1, -0.05) is 54.4 Å². The molecule has 2 saturated heterocycles. The largest absolute Gasteiger partial charge is 0.415 e. The van der Waals surface area contributed by atoms with Gasteiger partial charge in [0.2, 0.25) is 11.8 Å². The number of nitrogens with zero attached hydrogens (tertiary/aromatic N) is 3. The highest BCUT2D eigenvalue weighted by atomic mass is 35.5. The summed E-state index contributed by atoms with van der Waals surface area (Å²) < 4.78 is 5.59. The lowest BCUT2D eigenvalue weighted by Gasteiger charge is -2.34. The van der Waals surface area contributed by atoms with E-state index in [9.17, 15) is 14.4 Å². The number of carbonyl (C=O) groups excluding carboxylic acids is 3. The molecular formula is C29H33Cl2N3O4. The molecule has 0 spiro atoms. The summed E-state index contributed by atoms with van der Waals surface area (Å²) in [6.07, 6.45) is 2.74. The number of benzene rings is 2. The SMILES string of the molecule is CN(C(=O)Oc1ccccc1)C1CN(C(=O)C2CCN(C(=O)C3(C)CC3)CC2)CC1c1ccc(Cl)c(Cl)c1. The monoisotopic (exact) mass is 557 g/mol. The number of amides is 3. The van der Waals surface area contributed by atoms with Crippen LogP contribution in [0.3, 0.4) is 0 Å². The number of piperidine rings is 1. The van der Waals surface area contributed by atoms with Crippen LogP contribution in [0, 0.1) is 11.3 Å². The molecule has 2 aromatic carbocycles. The van der Waals surface area contributed by atoms with E-state index >= 15 is 0 Å². The molecule has 1 aliphatic carbocycles. The van der Waals surface area contributed by atoms with E-state index < -0.39 is 6.09 Å². The molecule has 0 aromatic heterocycles. The molecule has 2 aromatic rings. The van der Waals surface area contributed by atoms with Gasteiger partial charge in [0.25, 0.3) is 0 Å². The average Bonchev–Trinajstić information content (AvgIpc) is 3.53. The van der Waals surface area contributed by atoms with Crippen LogP contribution in [-0.4, -0.2) is 71.9 Å². The first-order valence-electron chi connectivity index (χ1n) is 13.2. The molecule has 2 aliphatic heterocycles. The van der Waals surface area contributed by atoms with Gasteiger partial charge in [-0.05, 0) is 55.5 Å². The molecule has 1 saturated carbocycles. The Kier molecular flexibility index (Phi) is 7.60. The Hall–Kier alpha value is -2.77. The highest BCUT2D eigenvalue weighted by Crippen LogP contribution is 2.47. The number of ether oxygens (including phenoxy) is 1. The predicted octanol–water partition coefficient (Wildman–Crippen LogP) is 5.46. The van der Waals surface area contributed by atoms with Crippen LogP contribution in [0.5, 0.6) is 5.75 Å². The Morgan fingerprint density at radius 3 is 2.26 bits per heavy atom. The smallest absolute Gasteiger partial charge is 0.410 e. The topological polar surface area (TPSA) is 70.2 Å². The maximum atomic E-state index is 13.7. The maximum Gasteiger partial charge on any atom is 0.415 e. The first-order chi connectivity index (χ1) is 18.2. The Bertz CT molecular complexity index is 1210. The summed E-state index contributed by atoms with van der Waals surface area (Å²) in [5.41, 5.74) is 0.725. The van der Waals surface area contributed by atoms with Gasteiger partial charge in [0.15, 0.2) is 0 Å². The van der Waals surface area contributed by atoms with Crippen LogP contribution < -0.4 is 4.74 Å². The van der Waals surface area contributed by atoms with Crippen molar-refractivity contribution < 1.29 is 19.1 Å². The van der Waals surface area contributed by atoms with Gasteiger partial charge >= 0.3 is 6.09 Å². The van der Waals surface area contributed by atoms with Crippen molar-refractivity contribution in [3.05, 3.63) is 64.1 Å². The van der Waals surface area contributed by atoms with Crippen LogP contribution in [-0.2, 0) is 9.59 Å². The molecule has 2 unspecified atom stereocenters. The molecule has 38 heavy (non-hydrogen) atoms. The second-order valence-electron chi connectivity index (χ2n) is 11.0. The van der Waals surface area contributed by atoms with E-state index in [1.165, 1.54) is 0 Å². The Morgan fingerprint density at radius 2 is 1.63 bits per heavy atom. The minimum absolute atomic E-state index is 0.0760. The molecule has 2 heterocycles. The summed E-state index contributed by atoms with van der Waals surface area (Å²) in [6, 6.07) is 14.1. The molecule has 7 nitrogen and oxygen atoms in total. The number of carbonyl (C=O) groups is 3. The second kappa shape index (κ2) is 10.8. The second-order valence-corrected chi connectivity index (χ2v) is 11.8. The lowest BCUT2D eigenvalue weighted by atomic mass is 9.93. The van der Waals surface area contributed by atoms with Crippen LogP contribution in [0.15, 0.2) is 48.5 Å². The molecule has 0 bridgehead atoms. The van der Waals surface area contributed by atoms with Gasteiger partial charge in [0.1, 0.15) is 5.75 Å². The third-order valence-electron chi connectivity index (χ3n) is 8.35. The van der Waals surface area contributed by atoms with E-state index in [2.05, 4.69) is 0 Å². The normalized spacial score (nSPS) is 22.7. The lowest BCUT2D eigenvalue weighted by molar-refractivity contribution is -0.142. The van der Waals surface area contributed by atoms with Crippen molar-refractivity contribution in [2.75, 3.05) is 33.2 Å². The quantitative estimate of drug-likeness (QED) is 0.489. The van der Waals surface area contributed by atoms with Gasteiger partial charge in [0.05, 0.1) is 16.1 Å². The van der Waals surface area contributed by atoms with Crippen molar-refractivity contribution in [1.82, 2.24) is 14.7 Å².